The fourth-order valence-corrected chi connectivity index (χ4v) is 1.95. The Morgan fingerprint density at radius 1 is 1.73 bits per heavy atom. The largest absolute Gasteiger partial charge is 0.271 e. The molecule has 3 N–H and O–H groups in total. The van der Waals surface area contributed by atoms with Crippen LogP contribution in [-0.2, 0) is 0 Å². The van der Waals surface area contributed by atoms with Crippen molar-refractivity contribution in [2.24, 2.45) is 5.84 Å². The summed E-state index contributed by atoms with van der Waals surface area (Å²) >= 11 is 1.77. The van der Waals surface area contributed by atoms with E-state index < -0.39 is 0 Å². The van der Waals surface area contributed by atoms with Gasteiger partial charge in [0.25, 0.3) is 0 Å². The zero-order valence-corrected chi connectivity index (χ0v) is 7.74. The van der Waals surface area contributed by atoms with Crippen LogP contribution in [-0.4, -0.2) is 0 Å². The zero-order chi connectivity index (χ0) is 8.27. The van der Waals surface area contributed by atoms with Gasteiger partial charge in [0.05, 0.1) is 0 Å². The molecule has 1 unspecified atom stereocenters. The Bertz CT molecular complexity index is 216. The van der Waals surface area contributed by atoms with Crippen LogP contribution in [0.15, 0.2) is 11.4 Å². The second kappa shape index (κ2) is 3.85. The number of nitrogens with one attached hydrogen (secondary N) is 1. The monoisotopic (exact) mass is 170 g/mol. The lowest BCUT2D eigenvalue weighted by Gasteiger charge is -2.12. The molecule has 1 atom stereocenters. The number of aryl methyl sites for hydroxylation is 1. The van der Waals surface area contributed by atoms with Crippen molar-refractivity contribution < 1.29 is 0 Å². The van der Waals surface area contributed by atoms with Crippen LogP contribution in [0.4, 0.5) is 0 Å². The predicted molar refractivity (Wildman–Crippen MR) is 49.4 cm³/mol. The van der Waals surface area contributed by atoms with Gasteiger partial charge in [-0.2, -0.15) is 0 Å². The maximum absolute atomic E-state index is 5.40. The van der Waals surface area contributed by atoms with Gasteiger partial charge >= 0.3 is 0 Å². The van der Waals surface area contributed by atoms with E-state index in [1.165, 1.54) is 10.4 Å². The number of nitrogens with two attached hydrogens (primary N) is 1. The predicted octanol–water partition coefficient (Wildman–Crippen LogP) is 1.97. The van der Waals surface area contributed by atoms with Crippen molar-refractivity contribution in [2.45, 2.75) is 26.3 Å². The quantitative estimate of drug-likeness (QED) is 0.537. The highest BCUT2D eigenvalue weighted by Gasteiger charge is 2.09. The van der Waals surface area contributed by atoms with Gasteiger partial charge in [-0.05, 0) is 30.4 Å². The van der Waals surface area contributed by atoms with Crippen LogP contribution in [0.1, 0.15) is 29.8 Å². The van der Waals surface area contributed by atoms with E-state index in [0.717, 1.165) is 6.42 Å². The van der Waals surface area contributed by atoms with Gasteiger partial charge in [0.15, 0.2) is 0 Å². The molecule has 0 radical (unpaired) electrons. The number of hydrogen-bond acceptors (Lipinski definition) is 3. The molecular formula is C8H14N2S. The van der Waals surface area contributed by atoms with Gasteiger partial charge in [-0.3, -0.25) is 11.3 Å². The lowest BCUT2D eigenvalue weighted by atomic mass is 10.1. The number of hydrogen-bond donors (Lipinski definition) is 2. The molecule has 0 aliphatic heterocycles. The molecule has 1 heterocycles. The second-order valence-corrected chi connectivity index (χ2v) is 3.68. The van der Waals surface area contributed by atoms with E-state index >= 15 is 0 Å². The lowest BCUT2D eigenvalue weighted by Crippen LogP contribution is -2.27. The molecule has 0 aromatic carbocycles. The summed E-state index contributed by atoms with van der Waals surface area (Å²) < 4.78 is 0. The van der Waals surface area contributed by atoms with Gasteiger partial charge in [-0.15, -0.1) is 11.3 Å². The van der Waals surface area contributed by atoms with Crippen molar-refractivity contribution >= 4 is 11.3 Å². The van der Waals surface area contributed by atoms with Crippen LogP contribution in [0.2, 0.25) is 0 Å². The van der Waals surface area contributed by atoms with Crippen molar-refractivity contribution in [1.82, 2.24) is 5.43 Å². The first-order chi connectivity index (χ1) is 5.29. The summed E-state index contributed by atoms with van der Waals surface area (Å²) in [5.41, 5.74) is 4.13. The Morgan fingerprint density at radius 2 is 2.45 bits per heavy atom. The molecular weight excluding hydrogens is 156 g/mol. The Morgan fingerprint density at radius 3 is 2.82 bits per heavy atom. The normalized spacial score (nSPS) is 13.4. The van der Waals surface area contributed by atoms with E-state index in [0.29, 0.717) is 6.04 Å². The molecule has 0 spiro atoms. The Balaban J connectivity index is 2.81. The van der Waals surface area contributed by atoms with Gasteiger partial charge in [-0.25, -0.2) is 0 Å². The summed E-state index contributed by atoms with van der Waals surface area (Å²) in [6, 6.07) is 2.45. The third-order valence-corrected chi connectivity index (χ3v) is 2.75. The van der Waals surface area contributed by atoms with E-state index in [2.05, 4.69) is 30.7 Å². The number of hydrazine groups is 1. The highest BCUT2D eigenvalue weighted by Crippen LogP contribution is 2.23. The van der Waals surface area contributed by atoms with Crippen molar-refractivity contribution in [3.63, 3.8) is 0 Å². The standard InChI is InChI=1S/C8H14N2S/c1-3-8(10-9)7-4-5-11-6(7)2/h4-5,8,10H,3,9H2,1-2H3. The molecule has 62 valence electrons. The minimum Gasteiger partial charge on any atom is -0.271 e. The molecule has 1 aromatic rings. The molecule has 0 aliphatic carbocycles. The van der Waals surface area contributed by atoms with Crippen LogP contribution in [0, 0.1) is 6.92 Å². The number of rotatable bonds is 3. The highest BCUT2D eigenvalue weighted by molar-refractivity contribution is 7.10. The SMILES string of the molecule is CCC(NN)c1ccsc1C. The molecule has 0 bridgehead atoms. The highest BCUT2D eigenvalue weighted by atomic mass is 32.1. The summed E-state index contributed by atoms with van der Waals surface area (Å²) in [4.78, 5) is 1.36. The molecule has 1 aromatic heterocycles. The van der Waals surface area contributed by atoms with Gasteiger partial charge < -0.3 is 0 Å². The Kier molecular flexibility index (Phi) is 3.05. The zero-order valence-electron chi connectivity index (χ0n) is 6.92. The van der Waals surface area contributed by atoms with Crippen molar-refractivity contribution in [3.05, 3.63) is 21.9 Å². The van der Waals surface area contributed by atoms with Crippen molar-refractivity contribution in [2.75, 3.05) is 0 Å². The molecule has 3 heteroatoms. The fraction of sp³-hybridized carbons (Fsp3) is 0.500. The molecule has 11 heavy (non-hydrogen) atoms. The van der Waals surface area contributed by atoms with Gasteiger partial charge in [0.2, 0.25) is 0 Å². The number of thiophene rings is 1. The third kappa shape index (κ3) is 1.80. The molecule has 2 nitrogen and oxygen atoms in total. The third-order valence-electron chi connectivity index (χ3n) is 1.88. The molecule has 1 rings (SSSR count). The van der Waals surface area contributed by atoms with E-state index in [9.17, 15) is 0 Å². The fourth-order valence-electron chi connectivity index (χ4n) is 1.18. The van der Waals surface area contributed by atoms with E-state index in [4.69, 9.17) is 5.84 Å². The molecule has 0 fully saturated rings. The second-order valence-electron chi connectivity index (χ2n) is 2.56. The van der Waals surface area contributed by atoms with Gasteiger partial charge in [-0.1, -0.05) is 6.92 Å². The Hall–Kier alpha value is -0.380. The van der Waals surface area contributed by atoms with Gasteiger partial charge in [0, 0.05) is 10.9 Å². The summed E-state index contributed by atoms with van der Waals surface area (Å²) in [6.45, 7) is 4.25. The Labute approximate surface area is 71.4 Å². The van der Waals surface area contributed by atoms with Crippen molar-refractivity contribution in [3.8, 4) is 0 Å². The van der Waals surface area contributed by atoms with Crippen LogP contribution in [0.3, 0.4) is 0 Å². The first-order valence-corrected chi connectivity index (χ1v) is 4.67. The molecule has 0 saturated heterocycles. The first kappa shape index (κ1) is 8.71. The average molecular weight is 170 g/mol. The van der Waals surface area contributed by atoms with E-state index in [1.54, 1.807) is 11.3 Å². The van der Waals surface area contributed by atoms with E-state index in [-0.39, 0.29) is 0 Å². The van der Waals surface area contributed by atoms with Crippen LogP contribution >= 0.6 is 11.3 Å². The summed E-state index contributed by atoms with van der Waals surface area (Å²) in [6.07, 6.45) is 1.04. The average Bonchev–Trinajstić information content (AvgIpc) is 2.40. The molecule has 0 amide bonds. The topological polar surface area (TPSA) is 38.0 Å². The maximum atomic E-state index is 5.40. The summed E-state index contributed by atoms with van der Waals surface area (Å²) in [5.74, 6) is 5.40. The van der Waals surface area contributed by atoms with Crippen LogP contribution < -0.4 is 11.3 Å². The maximum Gasteiger partial charge on any atom is 0.0468 e. The minimum absolute atomic E-state index is 0.321. The van der Waals surface area contributed by atoms with Crippen molar-refractivity contribution in [1.29, 1.82) is 0 Å². The summed E-state index contributed by atoms with van der Waals surface area (Å²) in [7, 11) is 0. The van der Waals surface area contributed by atoms with Gasteiger partial charge in [0.1, 0.15) is 0 Å². The minimum atomic E-state index is 0.321. The summed E-state index contributed by atoms with van der Waals surface area (Å²) in [5, 5.41) is 2.10. The lowest BCUT2D eigenvalue weighted by molar-refractivity contribution is 0.538. The van der Waals surface area contributed by atoms with Crippen LogP contribution in [0.25, 0.3) is 0 Å². The molecule has 0 saturated carbocycles. The van der Waals surface area contributed by atoms with E-state index in [1.807, 2.05) is 0 Å². The van der Waals surface area contributed by atoms with Crippen LogP contribution in [0.5, 0.6) is 0 Å². The smallest absolute Gasteiger partial charge is 0.0468 e. The first-order valence-electron chi connectivity index (χ1n) is 3.79. The molecule has 0 aliphatic rings.